The molecule has 1 N–H and O–H groups in total. The average molecular weight is 383 g/mol. The summed E-state index contributed by atoms with van der Waals surface area (Å²) in [5, 5.41) is 3.41. The summed E-state index contributed by atoms with van der Waals surface area (Å²) in [5.74, 6) is 3.42. The predicted octanol–water partition coefficient (Wildman–Crippen LogP) is 2.39. The number of nitrogens with zero attached hydrogens (tertiary/aromatic N) is 4. The topological polar surface area (TPSA) is 62.2 Å². The van der Waals surface area contributed by atoms with Crippen LogP contribution in [0.4, 0.5) is 5.82 Å². The molecule has 0 amide bonds. The number of piperazine rings is 1. The van der Waals surface area contributed by atoms with Crippen molar-refractivity contribution in [1.82, 2.24) is 15.2 Å². The van der Waals surface area contributed by atoms with Gasteiger partial charge in [0.05, 0.1) is 20.8 Å². The van der Waals surface area contributed by atoms with Crippen molar-refractivity contribution in [3.63, 3.8) is 0 Å². The van der Waals surface area contributed by atoms with Crippen LogP contribution >= 0.6 is 0 Å². The Morgan fingerprint density at radius 3 is 2.54 bits per heavy atom. The summed E-state index contributed by atoms with van der Waals surface area (Å²) < 4.78 is 10.9. The molecular formula is C21H29N5O2. The van der Waals surface area contributed by atoms with Crippen LogP contribution in [0.5, 0.6) is 11.5 Å². The fraction of sp³-hybridized carbons (Fsp3) is 0.429. The van der Waals surface area contributed by atoms with Crippen molar-refractivity contribution < 1.29 is 9.47 Å². The van der Waals surface area contributed by atoms with Gasteiger partial charge in [-0.2, -0.15) is 0 Å². The van der Waals surface area contributed by atoms with Crippen molar-refractivity contribution in [2.45, 2.75) is 13.5 Å². The number of rotatable bonds is 6. The average Bonchev–Trinajstić information content (AvgIpc) is 2.77. The highest BCUT2D eigenvalue weighted by atomic mass is 16.5. The molecule has 2 heterocycles. The van der Waals surface area contributed by atoms with Crippen LogP contribution < -0.4 is 19.7 Å². The molecule has 1 fully saturated rings. The maximum Gasteiger partial charge on any atom is 0.194 e. The Labute approximate surface area is 167 Å². The molecule has 0 atom stereocenters. The summed E-state index contributed by atoms with van der Waals surface area (Å²) >= 11 is 0. The van der Waals surface area contributed by atoms with Gasteiger partial charge < -0.3 is 24.6 Å². The van der Waals surface area contributed by atoms with Crippen molar-refractivity contribution in [1.29, 1.82) is 0 Å². The van der Waals surface area contributed by atoms with Gasteiger partial charge in [0.25, 0.3) is 0 Å². The van der Waals surface area contributed by atoms with E-state index in [-0.39, 0.29) is 0 Å². The SMILES string of the molecule is CCNC(=NCc1cccc(OC)c1OC)N1CCN(c2ccccn2)CC1. The molecule has 0 bridgehead atoms. The number of guanidine groups is 1. The zero-order valence-corrected chi connectivity index (χ0v) is 16.9. The minimum Gasteiger partial charge on any atom is -0.493 e. The van der Waals surface area contributed by atoms with Crippen LogP contribution in [0.2, 0.25) is 0 Å². The molecule has 1 aliphatic heterocycles. The van der Waals surface area contributed by atoms with Crippen molar-refractivity contribution >= 4 is 11.8 Å². The molecule has 0 unspecified atom stereocenters. The Balaban J connectivity index is 1.69. The van der Waals surface area contributed by atoms with E-state index >= 15 is 0 Å². The van der Waals surface area contributed by atoms with Crippen LogP contribution in [0.3, 0.4) is 0 Å². The maximum absolute atomic E-state index is 5.53. The molecule has 0 spiro atoms. The zero-order chi connectivity index (χ0) is 19.8. The lowest BCUT2D eigenvalue weighted by molar-refractivity contribution is 0.351. The van der Waals surface area contributed by atoms with E-state index < -0.39 is 0 Å². The van der Waals surface area contributed by atoms with Crippen molar-refractivity contribution in [2.75, 3.05) is 51.8 Å². The molecule has 0 radical (unpaired) electrons. The Bertz CT molecular complexity index is 774. The standard InChI is InChI=1S/C21H29N5O2/c1-4-22-21(24-16-17-8-7-9-18(27-2)20(17)28-3)26-14-12-25(13-15-26)19-10-5-6-11-23-19/h5-11H,4,12-16H2,1-3H3,(H,22,24). The number of aliphatic imine (C=N–C) groups is 1. The van der Waals surface area contributed by atoms with Crippen molar-refractivity contribution in [3.05, 3.63) is 48.2 Å². The number of pyridine rings is 1. The van der Waals surface area contributed by atoms with Gasteiger partial charge in [-0.05, 0) is 25.1 Å². The molecule has 2 aromatic rings. The van der Waals surface area contributed by atoms with E-state index in [0.29, 0.717) is 6.54 Å². The summed E-state index contributed by atoms with van der Waals surface area (Å²) in [6, 6.07) is 11.9. The highest BCUT2D eigenvalue weighted by Crippen LogP contribution is 2.31. The van der Waals surface area contributed by atoms with Crippen molar-refractivity contribution in [2.24, 2.45) is 4.99 Å². The molecule has 1 saturated heterocycles. The van der Waals surface area contributed by atoms with Gasteiger partial charge in [0.2, 0.25) is 0 Å². The monoisotopic (exact) mass is 383 g/mol. The lowest BCUT2D eigenvalue weighted by Gasteiger charge is -2.37. The smallest absolute Gasteiger partial charge is 0.194 e. The molecule has 1 aromatic carbocycles. The third-order valence-electron chi connectivity index (χ3n) is 4.77. The Morgan fingerprint density at radius 2 is 1.89 bits per heavy atom. The first-order valence-electron chi connectivity index (χ1n) is 9.66. The van der Waals surface area contributed by atoms with Crippen molar-refractivity contribution in [3.8, 4) is 11.5 Å². The fourth-order valence-corrected chi connectivity index (χ4v) is 3.35. The number of methoxy groups -OCH3 is 2. The molecule has 150 valence electrons. The number of aromatic nitrogens is 1. The minimum atomic E-state index is 0.531. The number of nitrogens with one attached hydrogen (secondary N) is 1. The molecule has 28 heavy (non-hydrogen) atoms. The molecule has 0 aliphatic carbocycles. The van der Waals surface area contributed by atoms with Crippen LogP contribution in [0.1, 0.15) is 12.5 Å². The Hall–Kier alpha value is -2.96. The van der Waals surface area contributed by atoms with Gasteiger partial charge in [-0.25, -0.2) is 9.98 Å². The molecule has 7 nitrogen and oxygen atoms in total. The third-order valence-corrected chi connectivity index (χ3v) is 4.77. The van der Waals surface area contributed by atoms with Crippen LogP contribution in [0.15, 0.2) is 47.6 Å². The first-order chi connectivity index (χ1) is 13.8. The van der Waals surface area contributed by atoms with Gasteiger partial charge in [0.15, 0.2) is 17.5 Å². The number of para-hydroxylation sites is 1. The van der Waals surface area contributed by atoms with Gasteiger partial charge in [-0.15, -0.1) is 0 Å². The Morgan fingerprint density at radius 1 is 1.07 bits per heavy atom. The Kier molecular flexibility index (Phi) is 6.94. The molecule has 1 aromatic heterocycles. The molecule has 1 aliphatic rings. The second-order valence-electron chi connectivity index (χ2n) is 6.48. The fourth-order valence-electron chi connectivity index (χ4n) is 3.35. The van der Waals surface area contributed by atoms with Gasteiger partial charge in [0.1, 0.15) is 5.82 Å². The number of benzene rings is 1. The summed E-state index contributed by atoms with van der Waals surface area (Å²) in [7, 11) is 3.31. The molecular weight excluding hydrogens is 354 g/mol. The van der Waals surface area contributed by atoms with Crippen LogP contribution in [0.25, 0.3) is 0 Å². The maximum atomic E-state index is 5.53. The van der Waals surface area contributed by atoms with E-state index in [4.69, 9.17) is 14.5 Å². The normalized spacial score (nSPS) is 14.8. The van der Waals surface area contributed by atoms with Crippen LogP contribution in [0, 0.1) is 0 Å². The second kappa shape index (κ2) is 9.82. The van der Waals surface area contributed by atoms with Crippen LogP contribution in [-0.2, 0) is 6.54 Å². The van der Waals surface area contributed by atoms with Gasteiger partial charge >= 0.3 is 0 Å². The number of anilines is 1. The van der Waals surface area contributed by atoms with E-state index in [1.54, 1.807) is 14.2 Å². The number of ether oxygens (including phenoxy) is 2. The van der Waals surface area contributed by atoms with Gasteiger partial charge in [-0.1, -0.05) is 18.2 Å². The molecule has 3 rings (SSSR count). The number of hydrogen-bond donors (Lipinski definition) is 1. The lowest BCUT2D eigenvalue weighted by atomic mass is 10.2. The first kappa shape index (κ1) is 19.8. The first-order valence-corrected chi connectivity index (χ1v) is 9.66. The molecule has 7 heteroatoms. The van der Waals surface area contributed by atoms with E-state index in [1.165, 1.54) is 0 Å². The van der Waals surface area contributed by atoms with E-state index in [1.807, 2.05) is 36.5 Å². The summed E-state index contributed by atoms with van der Waals surface area (Å²) in [5.41, 5.74) is 1.00. The quantitative estimate of drug-likeness (QED) is 0.610. The van der Waals surface area contributed by atoms with Crippen LogP contribution in [-0.4, -0.2) is 62.8 Å². The van der Waals surface area contributed by atoms with E-state index in [9.17, 15) is 0 Å². The third kappa shape index (κ3) is 4.65. The largest absolute Gasteiger partial charge is 0.493 e. The second-order valence-corrected chi connectivity index (χ2v) is 6.48. The highest BCUT2D eigenvalue weighted by Gasteiger charge is 2.20. The van der Waals surface area contributed by atoms with E-state index in [0.717, 1.165) is 61.6 Å². The lowest BCUT2D eigenvalue weighted by Crippen LogP contribution is -2.52. The summed E-state index contributed by atoms with van der Waals surface area (Å²) in [4.78, 5) is 13.9. The van der Waals surface area contributed by atoms with Gasteiger partial charge in [-0.3, -0.25) is 0 Å². The summed E-state index contributed by atoms with van der Waals surface area (Å²) in [6.07, 6.45) is 1.84. The zero-order valence-electron chi connectivity index (χ0n) is 16.9. The molecule has 0 saturated carbocycles. The van der Waals surface area contributed by atoms with Gasteiger partial charge in [0, 0.05) is 44.5 Å². The minimum absolute atomic E-state index is 0.531. The highest BCUT2D eigenvalue weighted by molar-refractivity contribution is 5.80. The van der Waals surface area contributed by atoms with E-state index in [2.05, 4.69) is 33.1 Å². The summed E-state index contributed by atoms with van der Waals surface area (Å²) in [6.45, 7) is 7.09. The number of hydrogen-bond acceptors (Lipinski definition) is 5. The predicted molar refractivity (Wildman–Crippen MR) is 112 cm³/mol.